The zero-order valence-electron chi connectivity index (χ0n) is 15.2. The first-order valence-corrected chi connectivity index (χ1v) is 8.12. The monoisotopic (exact) mass is 322 g/mol. The second-order valence-corrected chi connectivity index (χ2v) is 6.45. The lowest BCUT2D eigenvalue weighted by Gasteiger charge is -2.13. The van der Waals surface area contributed by atoms with Crippen molar-refractivity contribution in [3.05, 3.63) is 65.2 Å². The number of ketones is 1. The summed E-state index contributed by atoms with van der Waals surface area (Å²) in [6, 6.07) is 16.6. The minimum absolute atomic E-state index is 0.114. The van der Waals surface area contributed by atoms with Gasteiger partial charge in [-0.2, -0.15) is 0 Å². The first kappa shape index (κ1) is 17.8. The van der Waals surface area contributed by atoms with Crippen molar-refractivity contribution >= 4 is 23.2 Å². The number of carbonyl (C=O) groups excluding carboxylic acids is 1. The fourth-order valence-corrected chi connectivity index (χ4v) is 2.48. The molecule has 0 aliphatic carbocycles. The maximum Gasteiger partial charge on any atom is 0.156 e. The number of rotatable bonds is 6. The third kappa shape index (κ3) is 4.72. The Morgan fingerprint density at radius 1 is 0.833 bits per heavy atom. The molecule has 0 atom stereocenters. The van der Waals surface area contributed by atoms with Crippen LogP contribution in [0.25, 0.3) is 6.08 Å². The van der Waals surface area contributed by atoms with Crippen LogP contribution in [0.2, 0.25) is 0 Å². The Morgan fingerprint density at radius 2 is 1.29 bits per heavy atom. The summed E-state index contributed by atoms with van der Waals surface area (Å²) >= 11 is 0. The third-order valence-electron chi connectivity index (χ3n) is 4.05. The van der Waals surface area contributed by atoms with E-state index >= 15 is 0 Å². The molecule has 0 bridgehead atoms. The molecule has 0 aromatic heterocycles. The van der Waals surface area contributed by atoms with E-state index in [4.69, 9.17) is 0 Å². The lowest BCUT2D eigenvalue weighted by atomic mass is 9.99. The predicted molar refractivity (Wildman–Crippen MR) is 104 cm³/mol. The fourth-order valence-electron chi connectivity index (χ4n) is 2.48. The average Bonchev–Trinajstić information content (AvgIpc) is 2.55. The smallest absolute Gasteiger partial charge is 0.156 e. The number of carbonyl (C=O) groups is 1. The fraction of sp³-hybridized carbons (Fsp3) is 0.286. The largest absolute Gasteiger partial charge is 0.378 e. The molecule has 0 unspecified atom stereocenters. The number of Topliss-reactive ketones (excluding diaryl/α,β-unsaturated/α-hetero) is 1. The van der Waals surface area contributed by atoms with Gasteiger partial charge in [-0.3, -0.25) is 4.79 Å². The number of benzene rings is 2. The third-order valence-corrected chi connectivity index (χ3v) is 4.05. The molecular weight excluding hydrogens is 296 g/mol. The molecule has 24 heavy (non-hydrogen) atoms. The van der Waals surface area contributed by atoms with Crippen LogP contribution in [-0.4, -0.2) is 34.0 Å². The van der Waals surface area contributed by atoms with E-state index < -0.39 is 0 Å². The summed E-state index contributed by atoms with van der Waals surface area (Å²) in [5.41, 5.74) is 5.33. The second kappa shape index (κ2) is 7.82. The van der Waals surface area contributed by atoms with E-state index in [1.54, 1.807) is 6.92 Å². The van der Waals surface area contributed by atoms with E-state index in [1.165, 1.54) is 0 Å². The van der Waals surface area contributed by atoms with Crippen molar-refractivity contribution < 1.29 is 4.79 Å². The predicted octanol–water partition coefficient (Wildman–Crippen LogP) is 4.03. The van der Waals surface area contributed by atoms with Gasteiger partial charge in [0.15, 0.2) is 5.78 Å². The molecule has 0 N–H and O–H groups in total. The van der Waals surface area contributed by atoms with E-state index in [9.17, 15) is 4.79 Å². The summed E-state index contributed by atoms with van der Waals surface area (Å²) in [6.07, 6.45) is 2.64. The van der Waals surface area contributed by atoms with E-state index in [-0.39, 0.29) is 5.78 Å². The van der Waals surface area contributed by atoms with Crippen LogP contribution in [0.3, 0.4) is 0 Å². The van der Waals surface area contributed by atoms with Gasteiger partial charge in [0.2, 0.25) is 0 Å². The molecule has 0 saturated carbocycles. The van der Waals surface area contributed by atoms with Gasteiger partial charge in [0.25, 0.3) is 0 Å². The molecule has 2 aromatic carbocycles. The van der Waals surface area contributed by atoms with Crippen LogP contribution in [0.5, 0.6) is 0 Å². The van der Waals surface area contributed by atoms with Gasteiger partial charge >= 0.3 is 0 Å². The molecule has 3 nitrogen and oxygen atoms in total. The highest BCUT2D eigenvalue weighted by Crippen LogP contribution is 2.19. The van der Waals surface area contributed by atoms with Crippen LogP contribution in [-0.2, 0) is 11.2 Å². The highest BCUT2D eigenvalue weighted by Gasteiger charge is 2.07. The van der Waals surface area contributed by atoms with Crippen LogP contribution in [0.15, 0.2) is 54.1 Å². The Labute approximate surface area is 145 Å². The van der Waals surface area contributed by atoms with Gasteiger partial charge < -0.3 is 9.80 Å². The number of nitrogens with zero attached hydrogens (tertiary/aromatic N) is 2. The van der Waals surface area contributed by atoms with E-state index in [0.717, 1.165) is 28.1 Å². The molecular formula is C21H26N2O. The summed E-state index contributed by atoms with van der Waals surface area (Å²) in [5.74, 6) is 0.114. The maximum atomic E-state index is 12.0. The maximum absolute atomic E-state index is 12.0. The molecule has 126 valence electrons. The van der Waals surface area contributed by atoms with Crippen LogP contribution >= 0.6 is 0 Å². The highest BCUT2D eigenvalue weighted by atomic mass is 16.1. The number of hydrogen-bond acceptors (Lipinski definition) is 3. The minimum Gasteiger partial charge on any atom is -0.378 e. The molecule has 0 amide bonds. The van der Waals surface area contributed by atoms with Crippen molar-refractivity contribution in [2.24, 2.45) is 0 Å². The van der Waals surface area contributed by atoms with Gasteiger partial charge in [0.05, 0.1) is 0 Å². The van der Waals surface area contributed by atoms with Gasteiger partial charge in [-0.25, -0.2) is 0 Å². The van der Waals surface area contributed by atoms with E-state index in [1.807, 2.05) is 46.4 Å². The number of allylic oxidation sites excluding steroid dienone is 1. The summed E-state index contributed by atoms with van der Waals surface area (Å²) in [5, 5.41) is 0. The second-order valence-electron chi connectivity index (χ2n) is 6.45. The molecule has 0 radical (unpaired) electrons. The van der Waals surface area contributed by atoms with Crippen molar-refractivity contribution in [2.75, 3.05) is 38.0 Å². The zero-order valence-corrected chi connectivity index (χ0v) is 15.2. The molecule has 3 heteroatoms. The van der Waals surface area contributed by atoms with Crippen LogP contribution in [0.4, 0.5) is 11.4 Å². The number of anilines is 2. The van der Waals surface area contributed by atoms with E-state index in [2.05, 4.69) is 46.2 Å². The molecule has 0 aliphatic rings. The molecule has 2 rings (SSSR count). The van der Waals surface area contributed by atoms with Crippen molar-refractivity contribution in [1.82, 2.24) is 0 Å². The van der Waals surface area contributed by atoms with Gasteiger partial charge in [0, 0.05) is 46.0 Å². The normalized spacial score (nSPS) is 11.3. The summed E-state index contributed by atoms with van der Waals surface area (Å²) in [7, 11) is 8.08. The van der Waals surface area contributed by atoms with Crippen LogP contribution in [0.1, 0.15) is 18.1 Å². The van der Waals surface area contributed by atoms with Crippen molar-refractivity contribution in [3.8, 4) is 0 Å². The molecule has 2 aromatic rings. The van der Waals surface area contributed by atoms with Gasteiger partial charge in [0.1, 0.15) is 0 Å². The minimum atomic E-state index is 0.114. The van der Waals surface area contributed by atoms with E-state index in [0.29, 0.717) is 6.42 Å². The van der Waals surface area contributed by atoms with Crippen molar-refractivity contribution in [3.63, 3.8) is 0 Å². The van der Waals surface area contributed by atoms with Crippen LogP contribution < -0.4 is 9.80 Å². The summed E-state index contributed by atoms with van der Waals surface area (Å²) in [4.78, 5) is 16.1. The summed E-state index contributed by atoms with van der Waals surface area (Å²) in [6.45, 7) is 1.63. The Bertz CT molecular complexity index is 711. The number of hydrogen-bond donors (Lipinski definition) is 0. The first-order valence-electron chi connectivity index (χ1n) is 8.12. The topological polar surface area (TPSA) is 23.6 Å². The molecule has 0 spiro atoms. The van der Waals surface area contributed by atoms with Gasteiger partial charge in [-0.1, -0.05) is 24.3 Å². The average molecular weight is 322 g/mol. The Hall–Kier alpha value is -2.55. The van der Waals surface area contributed by atoms with Gasteiger partial charge in [-0.05, 0) is 54.0 Å². The SMILES string of the molecule is CC(=O)C(=Cc1ccc(N(C)C)cc1)Cc1ccc(N(C)C)cc1. The lowest BCUT2D eigenvalue weighted by Crippen LogP contribution is -2.08. The molecule has 0 saturated heterocycles. The summed E-state index contributed by atoms with van der Waals surface area (Å²) < 4.78 is 0. The Balaban J connectivity index is 2.20. The first-order chi connectivity index (χ1) is 11.4. The molecule has 0 heterocycles. The van der Waals surface area contributed by atoms with Crippen molar-refractivity contribution in [2.45, 2.75) is 13.3 Å². The molecule has 0 aliphatic heterocycles. The highest BCUT2D eigenvalue weighted by molar-refractivity contribution is 5.98. The van der Waals surface area contributed by atoms with Crippen molar-refractivity contribution in [1.29, 1.82) is 0 Å². The quantitative estimate of drug-likeness (QED) is 0.750. The zero-order chi connectivity index (χ0) is 17.7. The Kier molecular flexibility index (Phi) is 5.80. The molecule has 0 fully saturated rings. The standard InChI is InChI=1S/C21H26N2O/c1-16(24)19(14-17-6-10-20(11-7-17)22(2)3)15-18-8-12-21(13-9-18)23(4)5/h6-14H,15H2,1-5H3. The lowest BCUT2D eigenvalue weighted by molar-refractivity contribution is -0.113. The Morgan fingerprint density at radius 3 is 1.71 bits per heavy atom. The van der Waals surface area contributed by atoms with Gasteiger partial charge in [-0.15, -0.1) is 0 Å². The van der Waals surface area contributed by atoms with Crippen LogP contribution in [0, 0.1) is 0 Å².